The Balaban J connectivity index is 1.73. The fourth-order valence-corrected chi connectivity index (χ4v) is 4.33. The average Bonchev–Trinajstić information content (AvgIpc) is 2.50. The van der Waals surface area contributed by atoms with E-state index in [1.54, 1.807) is 0 Å². The number of benzene rings is 2. The Bertz CT molecular complexity index is 499. The molecule has 0 aromatic heterocycles. The van der Waals surface area contributed by atoms with E-state index in [0.717, 1.165) is 11.5 Å². The molecule has 0 fully saturated rings. The minimum Gasteiger partial charge on any atom is -0.157 e. The zero-order chi connectivity index (χ0) is 13.6. The van der Waals surface area contributed by atoms with Crippen LogP contribution in [0, 0.1) is 0 Å². The summed E-state index contributed by atoms with van der Waals surface area (Å²) in [6.07, 6.45) is 2.36. The third kappa shape index (κ3) is 4.07. The average molecular weight is 300 g/mol. The second-order valence-electron chi connectivity index (χ2n) is 5.24. The first-order valence-corrected chi connectivity index (χ1v) is 9.52. The highest BCUT2D eigenvalue weighted by Gasteiger charge is 2.01. The highest BCUT2D eigenvalue weighted by Crippen LogP contribution is 2.20. The van der Waals surface area contributed by atoms with Crippen LogP contribution in [0.4, 0.5) is 0 Å². The first-order chi connectivity index (χ1) is 9.90. The molecule has 0 saturated carbocycles. The van der Waals surface area contributed by atoms with E-state index in [0.29, 0.717) is 0 Å². The number of fused-ring (bicyclic) bond motifs is 8. The zero-order valence-corrected chi connectivity index (χ0v) is 13.3. The molecule has 0 atom stereocenters. The maximum absolute atomic E-state index is 2.39. The summed E-state index contributed by atoms with van der Waals surface area (Å²) in [5.41, 5.74) is 5.88. The molecular weight excluding hydrogens is 280 g/mol. The topological polar surface area (TPSA) is 0 Å². The zero-order valence-electron chi connectivity index (χ0n) is 11.7. The predicted molar refractivity (Wildman–Crippen MR) is 92.6 cm³/mol. The second kappa shape index (κ2) is 7.24. The van der Waals surface area contributed by atoms with Crippen LogP contribution in [-0.2, 0) is 24.3 Å². The maximum Gasteiger partial charge on any atom is 0.0184 e. The van der Waals surface area contributed by atoms with Crippen molar-refractivity contribution in [3.8, 4) is 0 Å². The van der Waals surface area contributed by atoms with Gasteiger partial charge in [0.15, 0.2) is 0 Å². The summed E-state index contributed by atoms with van der Waals surface area (Å²) in [6, 6.07) is 18.3. The largest absolute Gasteiger partial charge is 0.157 e. The standard InChI is InChI=1S/C18H20S2/c1-2-16-9-11-19-13-17-6-4-15(5-7-17)8-10-20-14-18(3-1)12-16/h1-7,12H,8-11,13-14H2. The van der Waals surface area contributed by atoms with Gasteiger partial charge in [0.05, 0.1) is 0 Å². The molecule has 104 valence electrons. The van der Waals surface area contributed by atoms with Gasteiger partial charge in [-0.25, -0.2) is 0 Å². The lowest BCUT2D eigenvalue weighted by Crippen LogP contribution is -1.91. The van der Waals surface area contributed by atoms with Crippen molar-refractivity contribution in [1.82, 2.24) is 0 Å². The molecule has 0 N–H and O–H groups in total. The Labute approximate surface area is 130 Å². The normalized spacial score (nSPS) is 16.4. The Morgan fingerprint density at radius 1 is 0.600 bits per heavy atom. The van der Waals surface area contributed by atoms with Gasteiger partial charge in [-0.3, -0.25) is 0 Å². The van der Waals surface area contributed by atoms with E-state index in [2.05, 4.69) is 48.5 Å². The van der Waals surface area contributed by atoms with E-state index in [-0.39, 0.29) is 0 Å². The molecule has 0 saturated heterocycles. The van der Waals surface area contributed by atoms with Crippen molar-refractivity contribution in [3.05, 3.63) is 70.8 Å². The lowest BCUT2D eigenvalue weighted by molar-refractivity contribution is 1.14. The highest BCUT2D eigenvalue weighted by atomic mass is 32.2. The lowest BCUT2D eigenvalue weighted by atomic mass is 10.1. The van der Waals surface area contributed by atoms with Crippen molar-refractivity contribution < 1.29 is 0 Å². The maximum atomic E-state index is 2.39. The summed E-state index contributed by atoms with van der Waals surface area (Å²) in [4.78, 5) is 0. The third-order valence-corrected chi connectivity index (χ3v) is 5.68. The second-order valence-corrected chi connectivity index (χ2v) is 7.45. The minimum atomic E-state index is 1.13. The van der Waals surface area contributed by atoms with Gasteiger partial charge in [0.25, 0.3) is 0 Å². The Hall–Kier alpha value is -0.860. The number of hydrogen-bond acceptors (Lipinski definition) is 2. The molecule has 2 heterocycles. The van der Waals surface area contributed by atoms with Crippen LogP contribution in [0.3, 0.4) is 0 Å². The van der Waals surface area contributed by atoms with Crippen molar-refractivity contribution in [2.24, 2.45) is 0 Å². The van der Waals surface area contributed by atoms with E-state index in [9.17, 15) is 0 Å². The van der Waals surface area contributed by atoms with Gasteiger partial charge in [-0.1, -0.05) is 48.5 Å². The first kappa shape index (κ1) is 14.1. The summed E-state index contributed by atoms with van der Waals surface area (Å²) in [7, 11) is 0. The molecule has 2 aromatic carbocycles. The molecule has 0 spiro atoms. The van der Waals surface area contributed by atoms with E-state index >= 15 is 0 Å². The molecule has 2 aliphatic rings. The number of hydrogen-bond donors (Lipinski definition) is 0. The van der Waals surface area contributed by atoms with Crippen LogP contribution in [0.15, 0.2) is 48.5 Å². The molecule has 20 heavy (non-hydrogen) atoms. The Kier molecular flexibility index (Phi) is 5.10. The van der Waals surface area contributed by atoms with E-state index in [1.165, 1.54) is 46.6 Å². The summed E-state index contributed by atoms with van der Waals surface area (Å²) in [5.74, 6) is 4.68. The van der Waals surface area contributed by atoms with Gasteiger partial charge >= 0.3 is 0 Å². The molecule has 0 aliphatic carbocycles. The molecule has 0 nitrogen and oxygen atoms in total. The third-order valence-electron chi connectivity index (χ3n) is 3.62. The lowest BCUT2D eigenvalue weighted by Gasteiger charge is -2.05. The fourth-order valence-electron chi connectivity index (χ4n) is 2.44. The summed E-state index contributed by atoms with van der Waals surface area (Å²) in [5, 5.41) is 0. The highest BCUT2D eigenvalue weighted by molar-refractivity contribution is 7.98. The van der Waals surface area contributed by atoms with Crippen LogP contribution >= 0.6 is 23.5 Å². The predicted octanol–water partition coefficient (Wildman–Crippen LogP) is 4.95. The van der Waals surface area contributed by atoms with E-state index < -0.39 is 0 Å². The SMILES string of the molecule is c1cc2cc(c1)CSCCc1ccc(cc1)CSCC2. The summed E-state index contributed by atoms with van der Waals surface area (Å²) in [6.45, 7) is 0. The van der Waals surface area contributed by atoms with Crippen molar-refractivity contribution in [1.29, 1.82) is 0 Å². The van der Waals surface area contributed by atoms with Crippen LogP contribution in [0.1, 0.15) is 22.3 Å². The number of aryl methyl sites for hydroxylation is 2. The van der Waals surface area contributed by atoms with E-state index in [1.807, 2.05) is 23.5 Å². The van der Waals surface area contributed by atoms with Gasteiger partial charge in [0.2, 0.25) is 0 Å². The molecule has 2 aliphatic heterocycles. The summed E-state index contributed by atoms with van der Waals surface area (Å²) < 4.78 is 0. The first-order valence-electron chi connectivity index (χ1n) is 7.21. The van der Waals surface area contributed by atoms with Crippen molar-refractivity contribution in [3.63, 3.8) is 0 Å². The molecule has 4 rings (SSSR count). The van der Waals surface area contributed by atoms with Crippen molar-refractivity contribution in [2.45, 2.75) is 24.3 Å². The Morgan fingerprint density at radius 3 is 2.00 bits per heavy atom. The Morgan fingerprint density at radius 2 is 1.20 bits per heavy atom. The van der Waals surface area contributed by atoms with Crippen molar-refractivity contribution in [2.75, 3.05) is 11.5 Å². The van der Waals surface area contributed by atoms with Crippen LogP contribution in [0.2, 0.25) is 0 Å². The molecule has 0 amide bonds. The molecule has 4 bridgehead atoms. The van der Waals surface area contributed by atoms with Crippen molar-refractivity contribution >= 4 is 23.5 Å². The van der Waals surface area contributed by atoms with Crippen LogP contribution in [0.5, 0.6) is 0 Å². The minimum absolute atomic E-state index is 1.13. The number of thioether (sulfide) groups is 2. The quantitative estimate of drug-likeness (QED) is 0.675. The van der Waals surface area contributed by atoms with Gasteiger partial charge in [-0.05, 0) is 46.6 Å². The molecule has 0 radical (unpaired) electrons. The van der Waals surface area contributed by atoms with Gasteiger partial charge in [-0.15, -0.1) is 0 Å². The molecule has 0 unspecified atom stereocenters. The molecular formula is C18H20S2. The summed E-state index contributed by atoms with van der Waals surface area (Å²) >= 11 is 4.08. The molecule has 2 heteroatoms. The van der Waals surface area contributed by atoms with Crippen LogP contribution < -0.4 is 0 Å². The van der Waals surface area contributed by atoms with Gasteiger partial charge in [0, 0.05) is 11.5 Å². The van der Waals surface area contributed by atoms with Crippen LogP contribution in [-0.4, -0.2) is 11.5 Å². The van der Waals surface area contributed by atoms with Gasteiger partial charge in [0.1, 0.15) is 0 Å². The fraction of sp³-hybridized carbons (Fsp3) is 0.333. The van der Waals surface area contributed by atoms with E-state index in [4.69, 9.17) is 0 Å². The smallest absolute Gasteiger partial charge is 0.0184 e. The molecule has 2 aromatic rings. The monoisotopic (exact) mass is 300 g/mol. The van der Waals surface area contributed by atoms with Gasteiger partial charge in [-0.2, -0.15) is 23.5 Å². The van der Waals surface area contributed by atoms with Crippen LogP contribution in [0.25, 0.3) is 0 Å². The number of rotatable bonds is 0. The van der Waals surface area contributed by atoms with Gasteiger partial charge < -0.3 is 0 Å².